The van der Waals surface area contributed by atoms with Crippen molar-refractivity contribution >= 4 is 15.7 Å². The highest BCUT2D eigenvalue weighted by Gasteiger charge is 2.11. The number of hydrogen-bond donors (Lipinski definition) is 1. The SMILES string of the molecule is CCCC(=O)NC(C)c1ccc(S(C)(=O)=O)cc1. The van der Waals surface area contributed by atoms with Gasteiger partial charge in [0.15, 0.2) is 9.84 Å². The molecule has 1 N–H and O–H groups in total. The van der Waals surface area contributed by atoms with Crippen molar-refractivity contribution in [1.82, 2.24) is 5.32 Å². The molecule has 0 heterocycles. The van der Waals surface area contributed by atoms with Gasteiger partial charge in [-0.3, -0.25) is 4.79 Å². The second-order valence-electron chi connectivity index (χ2n) is 4.38. The van der Waals surface area contributed by atoms with Gasteiger partial charge in [-0.2, -0.15) is 0 Å². The van der Waals surface area contributed by atoms with Gasteiger partial charge in [-0.25, -0.2) is 8.42 Å². The highest BCUT2D eigenvalue weighted by Crippen LogP contribution is 2.16. The Morgan fingerprint density at radius 2 is 1.83 bits per heavy atom. The van der Waals surface area contributed by atoms with Crippen molar-refractivity contribution in [3.63, 3.8) is 0 Å². The van der Waals surface area contributed by atoms with E-state index >= 15 is 0 Å². The van der Waals surface area contributed by atoms with Crippen LogP contribution >= 0.6 is 0 Å². The van der Waals surface area contributed by atoms with Crippen molar-refractivity contribution < 1.29 is 13.2 Å². The summed E-state index contributed by atoms with van der Waals surface area (Å²) in [5.41, 5.74) is 0.895. The Bertz CT molecular complexity index is 506. The molecule has 1 atom stereocenters. The van der Waals surface area contributed by atoms with Crippen LogP contribution in [0.4, 0.5) is 0 Å². The van der Waals surface area contributed by atoms with Gasteiger partial charge < -0.3 is 5.32 Å². The maximum Gasteiger partial charge on any atom is 0.220 e. The molecule has 0 aliphatic heterocycles. The number of hydrogen-bond acceptors (Lipinski definition) is 3. The number of amides is 1. The molecule has 0 spiro atoms. The zero-order valence-electron chi connectivity index (χ0n) is 10.9. The van der Waals surface area contributed by atoms with E-state index in [1.54, 1.807) is 24.3 Å². The fraction of sp³-hybridized carbons (Fsp3) is 0.462. The molecule has 4 nitrogen and oxygen atoms in total. The second kappa shape index (κ2) is 6.00. The van der Waals surface area contributed by atoms with Crippen LogP contribution in [0.25, 0.3) is 0 Å². The molecule has 100 valence electrons. The van der Waals surface area contributed by atoms with Gasteiger partial charge in [0.05, 0.1) is 10.9 Å². The van der Waals surface area contributed by atoms with E-state index in [4.69, 9.17) is 0 Å². The lowest BCUT2D eigenvalue weighted by atomic mass is 10.1. The summed E-state index contributed by atoms with van der Waals surface area (Å²) in [6.07, 6.45) is 2.49. The van der Waals surface area contributed by atoms with E-state index in [0.29, 0.717) is 11.3 Å². The smallest absolute Gasteiger partial charge is 0.220 e. The lowest BCUT2D eigenvalue weighted by Crippen LogP contribution is -2.26. The standard InChI is InChI=1S/C13H19NO3S/c1-4-5-13(15)14-10(2)11-6-8-12(9-7-11)18(3,16)17/h6-10H,4-5H2,1-3H3,(H,14,15). The van der Waals surface area contributed by atoms with Crippen LogP contribution in [-0.4, -0.2) is 20.6 Å². The fourth-order valence-electron chi connectivity index (χ4n) is 1.63. The van der Waals surface area contributed by atoms with Crippen molar-refractivity contribution in [2.45, 2.75) is 37.6 Å². The van der Waals surface area contributed by atoms with E-state index in [1.807, 2.05) is 13.8 Å². The summed E-state index contributed by atoms with van der Waals surface area (Å²) in [7, 11) is -3.16. The molecule has 18 heavy (non-hydrogen) atoms. The monoisotopic (exact) mass is 269 g/mol. The predicted octanol–water partition coefficient (Wildman–Crippen LogP) is 2.07. The van der Waals surface area contributed by atoms with Gasteiger partial charge in [-0.05, 0) is 31.0 Å². The van der Waals surface area contributed by atoms with Gasteiger partial charge in [-0.1, -0.05) is 19.1 Å². The molecule has 0 bridgehead atoms. The first-order valence-electron chi connectivity index (χ1n) is 5.94. The molecule has 0 aromatic heterocycles. The first-order valence-corrected chi connectivity index (χ1v) is 7.83. The van der Waals surface area contributed by atoms with Crippen LogP contribution in [0.1, 0.15) is 38.3 Å². The third-order valence-electron chi connectivity index (χ3n) is 2.66. The molecule has 0 saturated heterocycles. The Kier molecular flexibility index (Phi) is 4.90. The van der Waals surface area contributed by atoms with Crippen LogP contribution in [0.2, 0.25) is 0 Å². The van der Waals surface area contributed by atoms with Crippen molar-refractivity contribution in [2.75, 3.05) is 6.26 Å². The van der Waals surface area contributed by atoms with Gasteiger partial charge in [-0.15, -0.1) is 0 Å². The maximum atomic E-state index is 11.4. The van der Waals surface area contributed by atoms with Crippen LogP contribution in [0.15, 0.2) is 29.2 Å². The van der Waals surface area contributed by atoms with Crippen LogP contribution < -0.4 is 5.32 Å². The summed E-state index contributed by atoms with van der Waals surface area (Å²) >= 11 is 0. The fourth-order valence-corrected chi connectivity index (χ4v) is 2.26. The first kappa shape index (κ1) is 14.7. The van der Waals surface area contributed by atoms with E-state index in [1.165, 1.54) is 6.26 Å². The summed E-state index contributed by atoms with van der Waals surface area (Å²) in [6.45, 7) is 3.83. The van der Waals surface area contributed by atoms with Crippen LogP contribution in [-0.2, 0) is 14.6 Å². The maximum absolute atomic E-state index is 11.4. The Labute approximate surface area is 108 Å². The van der Waals surface area contributed by atoms with Crippen LogP contribution in [0.3, 0.4) is 0 Å². The highest BCUT2D eigenvalue weighted by atomic mass is 32.2. The summed E-state index contributed by atoms with van der Waals surface area (Å²) in [4.78, 5) is 11.7. The van der Waals surface area contributed by atoms with Crippen LogP contribution in [0, 0.1) is 0 Å². The molecule has 0 aliphatic carbocycles. The van der Waals surface area contributed by atoms with E-state index in [0.717, 1.165) is 12.0 Å². The Balaban J connectivity index is 2.76. The van der Waals surface area contributed by atoms with E-state index in [9.17, 15) is 13.2 Å². The molecule has 1 unspecified atom stereocenters. The molecular formula is C13H19NO3S. The molecule has 0 fully saturated rings. The second-order valence-corrected chi connectivity index (χ2v) is 6.40. The molecule has 0 saturated carbocycles. The third kappa shape index (κ3) is 4.14. The largest absolute Gasteiger partial charge is 0.350 e. The summed E-state index contributed by atoms with van der Waals surface area (Å²) < 4.78 is 22.6. The van der Waals surface area contributed by atoms with Gasteiger partial charge in [0, 0.05) is 12.7 Å². The molecule has 1 amide bonds. The molecule has 0 aliphatic rings. The van der Waals surface area contributed by atoms with Gasteiger partial charge in [0.2, 0.25) is 5.91 Å². The first-order chi connectivity index (χ1) is 8.34. The number of carbonyl (C=O) groups is 1. The Morgan fingerprint density at radius 1 is 1.28 bits per heavy atom. The molecule has 1 rings (SSSR count). The number of nitrogens with one attached hydrogen (secondary N) is 1. The minimum Gasteiger partial charge on any atom is -0.350 e. The zero-order valence-corrected chi connectivity index (χ0v) is 11.8. The predicted molar refractivity (Wildman–Crippen MR) is 71.0 cm³/mol. The third-order valence-corrected chi connectivity index (χ3v) is 3.79. The van der Waals surface area contributed by atoms with Gasteiger partial charge in [0.25, 0.3) is 0 Å². The zero-order chi connectivity index (χ0) is 13.8. The molecule has 0 radical (unpaired) electrons. The average Bonchev–Trinajstić information content (AvgIpc) is 2.28. The quantitative estimate of drug-likeness (QED) is 0.890. The van der Waals surface area contributed by atoms with E-state index < -0.39 is 9.84 Å². The Morgan fingerprint density at radius 3 is 2.28 bits per heavy atom. The van der Waals surface area contributed by atoms with E-state index in [-0.39, 0.29) is 11.9 Å². The lowest BCUT2D eigenvalue weighted by molar-refractivity contribution is -0.121. The molecule has 1 aromatic rings. The normalized spacial score (nSPS) is 13.1. The number of rotatable bonds is 5. The van der Waals surface area contributed by atoms with Crippen LogP contribution in [0.5, 0.6) is 0 Å². The van der Waals surface area contributed by atoms with Crippen molar-refractivity contribution in [3.8, 4) is 0 Å². The minimum atomic E-state index is -3.16. The molecule has 1 aromatic carbocycles. The highest BCUT2D eigenvalue weighted by molar-refractivity contribution is 7.90. The van der Waals surface area contributed by atoms with Gasteiger partial charge in [0.1, 0.15) is 0 Å². The Hall–Kier alpha value is -1.36. The number of benzene rings is 1. The number of sulfone groups is 1. The summed E-state index contributed by atoms with van der Waals surface area (Å²) in [5, 5.41) is 2.87. The van der Waals surface area contributed by atoms with Crippen molar-refractivity contribution in [2.24, 2.45) is 0 Å². The number of carbonyl (C=O) groups excluding carboxylic acids is 1. The average molecular weight is 269 g/mol. The summed E-state index contributed by atoms with van der Waals surface area (Å²) in [6, 6.07) is 6.47. The minimum absolute atomic E-state index is 0.0113. The molecular weight excluding hydrogens is 250 g/mol. The molecule has 5 heteroatoms. The van der Waals surface area contributed by atoms with Gasteiger partial charge >= 0.3 is 0 Å². The van der Waals surface area contributed by atoms with Crippen molar-refractivity contribution in [1.29, 1.82) is 0 Å². The lowest BCUT2D eigenvalue weighted by Gasteiger charge is -2.14. The summed E-state index contributed by atoms with van der Waals surface area (Å²) in [5.74, 6) is 0.0113. The topological polar surface area (TPSA) is 63.2 Å². The van der Waals surface area contributed by atoms with Crippen molar-refractivity contribution in [3.05, 3.63) is 29.8 Å². The van der Waals surface area contributed by atoms with E-state index in [2.05, 4.69) is 5.32 Å².